The van der Waals surface area contributed by atoms with Crippen LogP contribution in [0.25, 0.3) is 0 Å². The molecule has 3 heteroatoms. The van der Waals surface area contributed by atoms with Gasteiger partial charge in [0.15, 0.2) is 5.78 Å². The summed E-state index contributed by atoms with van der Waals surface area (Å²) in [6.07, 6.45) is 6.65. The van der Waals surface area contributed by atoms with Crippen molar-refractivity contribution in [2.24, 2.45) is 5.92 Å². The number of ketones is 1. The molecule has 0 radical (unpaired) electrons. The smallest absolute Gasteiger partial charge is 0.224 e. The monoisotopic (exact) mass is 259 g/mol. The molecule has 19 heavy (non-hydrogen) atoms. The van der Waals surface area contributed by atoms with Gasteiger partial charge in [0.25, 0.3) is 0 Å². The Labute approximate surface area is 114 Å². The fraction of sp³-hybridized carbons (Fsp3) is 0.500. The average Bonchev–Trinajstić information content (AvgIpc) is 2.90. The summed E-state index contributed by atoms with van der Waals surface area (Å²) in [6, 6.07) is 7.17. The third-order valence-electron chi connectivity index (χ3n) is 3.83. The van der Waals surface area contributed by atoms with E-state index in [9.17, 15) is 9.59 Å². The summed E-state index contributed by atoms with van der Waals surface area (Å²) in [5.74, 6) is 0.709. The van der Waals surface area contributed by atoms with Crippen molar-refractivity contribution in [3.63, 3.8) is 0 Å². The van der Waals surface area contributed by atoms with Crippen molar-refractivity contribution < 1.29 is 9.59 Å². The number of nitrogens with one attached hydrogen (secondary N) is 1. The highest BCUT2D eigenvalue weighted by atomic mass is 16.1. The van der Waals surface area contributed by atoms with E-state index < -0.39 is 0 Å². The lowest BCUT2D eigenvalue weighted by Gasteiger charge is -2.11. The summed E-state index contributed by atoms with van der Waals surface area (Å²) >= 11 is 0. The molecule has 1 aromatic rings. The summed E-state index contributed by atoms with van der Waals surface area (Å²) in [4.78, 5) is 23.4. The van der Waals surface area contributed by atoms with Gasteiger partial charge >= 0.3 is 0 Å². The van der Waals surface area contributed by atoms with E-state index in [1.54, 1.807) is 12.1 Å². The lowest BCUT2D eigenvalue weighted by Crippen LogP contribution is -2.14. The Bertz CT molecular complexity index is 462. The van der Waals surface area contributed by atoms with Crippen molar-refractivity contribution in [1.29, 1.82) is 0 Å². The highest BCUT2D eigenvalue weighted by Gasteiger charge is 2.16. The van der Waals surface area contributed by atoms with Gasteiger partial charge in [-0.25, -0.2) is 0 Å². The van der Waals surface area contributed by atoms with E-state index >= 15 is 0 Å². The maximum absolute atomic E-state index is 11.9. The lowest BCUT2D eigenvalue weighted by atomic mass is 10.0. The fourth-order valence-corrected chi connectivity index (χ4v) is 2.75. The quantitative estimate of drug-likeness (QED) is 0.817. The molecule has 0 bridgehead atoms. The first-order chi connectivity index (χ1) is 9.16. The highest BCUT2D eigenvalue weighted by Crippen LogP contribution is 2.28. The van der Waals surface area contributed by atoms with Crippen LogP contribution < -0.4 is 5.32 Å². The Kier molecular flexibility index (Phi) is 4.72. The van der Waals surface area contributed by atoms with Crippen LogP contribution in [0.1, 0.15) is 55.8 Å². The van der Waals surface area contributed by atoms with E-state index in [-0.39, 0.29) is 11.7 Å². The second-order valence-corrected chi connectivity index (χ2v) is 5.34. The minimum atomic E-state index is -0.0216. The molecule has 1 amide bonds. The number of carbonyl (C=O) groups excluding carboxylic acids is 2. The Morgan fingerprint density at radius 1 is 1.21 bits per heavy atom. The van der Waals surface area contributed by atoms with Crippen molar-refractivity contribution >= 4 is 17.4 Å². The summed E-state index contributed by atoms with van der Waals surface area (Å²) in [6.45, 7) is 1.52. The standard InChI is InChI=1S/C16H21NO2/c1-12(18)14-8-4-5-9-15(14)17-16(19)11-10-13-6-2-3-7-13/h4-5,8-9,13H,2-3,6-7,10-11H2,1H3,(H,17,19). The van der Waals surface area contributed by atoms with Gasteiger partial charge in [-0.1, -0.05) is 37.8 Å². The van der Waals surface area contributed by atoms with Gasteiger partial charge in [0.1, 0.15) is 0 Å². The Hall–Kier alpha value is -1.64. The summed E-state index contributed by atoms with van der Waals surface area (Å²) in [5.41, 5.74) is 1.21. The number of para-hydroxylation sites is 1. The molecule has 1 N–H and O–H groups in total. The Morgan fingerprint density at radius 2 is 1.89 bits per heavy atom. The fourth-order valence-electron chi connectivity index (χ4n) is 2.75. The van der Waals surface area contributed by atoms with Gasteiger partial charge in [0, 0.05) is 12.0 Å². The van der Waals surface area contributed by atoms with Crippen LogP contribution in [-0.4, -0.2) is 11.7 Å². The molecule has 0 spiro atoms. The summed E-state index contributed by atoms with van der Waals surface area (Å²) in [7, 11) is 0. The third kappa shape index (κ3) is 3.91. The van der Waals surface area contributed by atoms with E-state index in [4.69, 9.17) is 0 Å². The molecule has 0 saturated heterocycles. The summed E-state index contributed by atoms with van der Waals surface area (Å²) < 4.78 is 0. The molecule has 0 atom stereocenters. The van der Waals surface area contributed by atoms with E-state index in [0.29, 0.717) is 23.6 Å². The topological polar surface area (TPSA) is 46.2 Å². The van der Waals surface area contributed by atoms with Crippen molar-refractivity contribution in [2.75, 3.05) is 5.32 Å². The molecule has 1 aliphatic carbocycles. The third-order valence-corrected chi connectivity index (χ3v) is 3.83. The first-order valence-electron chi connectivity index (χ1n) is 7.06. The second-order valence-electron chi connectivity index (χ2n) is 5.34. The van der Waals surface area contributed by atoms with Crippen LogP contribution in [0.3, 0.4) is 0 Å². The average molecular weight is 259 g/mol. The Balaban J connectivity index is 1.89. The van der Waals surface area contributed by atoms with Gasteiger partial charge in [-0.05, 0) is 31.4 Å². The molecule has 3 nitrogen and oxygen atoms in total. The van der Waals surface area contributed by atoms with Gasteiger partial charge in [-0.3, -0.25) is 9.59 Å². The van der Waals surface area contributed by atoms with E-state index in [0.717, 1.165) is 6.42 Å². The number of benzene rings is 1. The SMILES string of the molecule is CC(=O)c1ccccc1NC(=O)CCC1CCCC1. The van der Waals surface area contributed by atoms with Crippen LogP contribution in [0.4, 0.5) is 5.69 Å². The minimum absolute atomic E-state index is 0.0144. The van der Waals surface area contributed by atoms with Crippen molar-refractivity contribution in [1.82, 2.24) is 0 Å². The molecule has 1 fully saturated rings. The molecule has 102 valence electrons. The van der Waals surface area contributed by atoms with E-state index in [1.807, 2.05) is 12.1 Å². The second kappa shape index (κ2) is 6.50. The summed E-state index contributed by atoms with van der Waals surface area (Å²) in [5, 5.41) is 2.86. The Morgan fingerprint density at radius 3 is 2.58 bits per heavy atom. The maximum Gasteiger partial charge on any atom is 0.224 e. The van der Waals surface area contributed by atoms with Crippen LogP contribution in [0.15, 0.2) is 24.3 Å². The lowest BCUT2D eigenvalue weighted by molar-refractivity contribution is -0.116. The van der Waals surface area contributed by atoms with Crippen LogP contribution in [-0.2, 0) is 4.79 Å². The predicted molar refractivity (Wildman–Crippen MR) is 76.3 cm³/mol. The zero-order chi connectivity index (χ0) is 13.7. The zero-order valence-corrected chi connectivity index (χ0v) is 11.4. The van der Waals surface area contributed by atoms with Crippen molar-refractivity contribution in [2.45, 2.75) is 45.4 Å². The number of hydrogen-bond acceptors (Lipinski definition) is 2. The molecular formula is C16H21NO2. The molecule has 0 unspecified atom stereocenters. The number of rotatable bonds is 5. The predicted octanol–water partition coefficient (Wildman–Crippen LogP) is 3.80. The van der Waals surface area contributed by atoms with Crippen LogP contribution in [0.2, 0.25) is 0 Å². The van der Waals surface area contributed by atoms with Crippen LogP contribution >= 0.6 is 0 Å². The van der Waals surface area contributed by atoms with Gasteiger partial charge in [0.2, 0.25) is 5.91 Å². The normalized spacial score (nSPS) is 15.4. The van der Waals surface area contributed by atoms with Gasteiger partial charge in [-0.15, -0.1) is 0 Å². The molecule has 0 heterocycles. The van der Waals surface area contributed by atoms with Gasteiger partial charge < -0.3 is 5.32 Å². The molecular weight excluding hydrogens is 238 g/mol. The minimum Gasteiger partial charge on any atom is -0.325 e. The van der Waals surface area contributed by atoms with Gasteiger partial charge in [0.05, 0.1) is 5.69 Å². The van der Waals surface area contributed by atoms with Gasteiger partial charge in [-0.2, -0.15) is 0 Å². The molecule has 1 aromatic carbocycles. The van der Waals surface area contributed by atoms with Crippen LogP contribution in [0.5, 0.6) is 0 Å². The molecule has 2 rings (SSSR count). The molecule has 0 aromatic heterocycles. The molecule has 0 aliphatic heterocycles. The van der Waals surface area contributed by atoms with Crippen LogP contribution in [0, 0.1) is 5.92 Å². The van der Waals surface area contributed by atoms with E-state index in [2.05, 4.69) is 5.32 Å². The number of Topliss-reactive ketones (excluding diaryl/α,β-unsaturated/α-hetero) is 1. The first kappa shape index (κ1) is 13.8. The highest BCUT2D eigenvalue weighted by molar-refractivity contribution is 6.03. The molecule has 1 saturated carbocycles. The van der Waals surface area contributed by atoms with Crippen molar-refractivity contribution in [3.05, 3.63) is 29.8 Å². The number of anilines is 1. The number of hydrogen-bond donors (Lipinski definition) is 1. The largest absolute Gasteiger partial charge is 0.325 e. The first-order valence-corrected chi connectivity index (χ1v) is 7.06. The molecule has 1 aliphatic rings. The van der Waals surface area contributed by atoms with Crippen molar-refractivity contribution in [3.8, 4) is 0 Å². The number of amides is 1. The maximum atomic E-state index is 11.9. The number of carbonyl (C=O) groups is 2. The zero-order valence-electron chi connectivity index (χ0n) is 11.4. The van der Waals surface area contributed by atoms with E-state index in [1.165, 1.54) is 32.6 Å².